The maximum atomic E-state index is 12.7. The van der Waals surface area contributed by atoms with Crippen molar-refractivity contribution in [2.45, 2.75) is 25.0 Å². The van der Waals surface area contributed by atoms with Gasteiger partial charge in [0, 0.05) is 11.1 Å². The fourth-order valence-corrected chi connectivity index (χ4v) is 2.64. The number of carboxylic acids is 2. The fraction of sp³-hybridized carbons (Fsp3) is 0.200. The van der Waals surface area contributed by atoms with Gasteiger partial charge in [0.15, 0.2) is 0 Å². The largest absolute Gasteiger partial charge is 0.546 e. The number of Topliss-reactive ketones (excluding diaryl/α,β-unsaturated/α-hetero) is 2. The Hall–Kier alpha value is -3.40. The number of carbonyl (C=O) groups is 4. The standard InChI is InChI=1S/C20H18O8.H2O/c1-11-3-7-13(8-4-11)15(21)19(27,17(23)24)20(28,18(25)26)16(22)14-9-5-12(2)6-10-14;/h3-10,27-28H,1-2H3,(H,23,24)(H,25,26);1H2/p-2. The highest BCUT2D eigenvalue weighted by Gasteiger charge is 2.62. The molecular formula is C20H18O9-2. The molecule has 29 heavy (non-hydrogen) atoms. The number of rotatable bonds is 7. The number of carbonyl (C=O) groups excluding carboxylic acids is 4. The van der Waals surface area contributed by atoms with Crippen LogP contribution in [0.25, 0.3) is 0 Å². The van der Waals surface area contributed by atoms with Gasteiger partial charge in [0.1, 0.15) is 0 Å². The minimum Gasteiger partial charge on any atom is -0.546 e. The van der Waals surface area contributed by atoms with E-state index in [1.54, 1.807) is 13.8 Å². The van der Waals surface area contributed by atoms with Crippen LogP contribution in [0, 0.1) is 13.8 Å². The Balaban J connectivity index is 0.00000420. The van der Waals surface area contributed by atoms with Crippen LogP contribution in [0.2, 0.25) is 0 Å². The summed E-state index contributed by atoms with van der Waals surface area (Å²) >= 11 is 0. The summed E-state index contributed by atoms with van der Waals surface area (Å²) in [4.78, 5) is 48.7. The van der Waals surface area contributed by atoms with Crippen molar-refractivity contribution >= 4 is 23.5 Å². The van der Waals surface area contributed by atoms with E-state index in [4.69, 9.17) is 0 Å². The van der Waals surface area contributed by atoms with Gasteiger partial charge < -0.3 is 35.5 Å². The minimum atomic E-state index is -4.14. The number of aryl methyl sites for hydroxylation is 2. The van der Waals surface area contributed by atoms with Crippen molar-refractivity contribution in [2.24, 2.45) is 0 Å². The first-order valence-electron chi connectivity index (χ1n) is 8.06. The molecule has 2 aromatic rings. The van der Waals surface area contributed by atoms with Crippen LogP contribution in [0.1, 0.15) is 31.8 Å². The Morgan fingerprint density at radius 3 is 1.10 bits per heavy atom. The van der Waals surface area contributed by atoms with Gasteiger partial charge in [-0.05, 0) is 13.8 Å². The van der Waals surface area contributed by atoms with Crippen LogP contribution in [0.15, 0.2) is 48.5 Å². The number of benzene rings is 2. The summed E-state index contributed by atoms with van der Waals surface area (Å²) in [5.41, 5.74) is -7.81. The predicted octanol–water partition coefficient (Wildman–Crippen LogP) is -2.49. The van der Waals surface area contributed by atoms with Crippen LogP contribution in [0.5, 0.6) is 0 Å². The number of aliphatic hydroxyl groups is 2. The highest BCUT2D eigenvalue weighted by molar-refractivity contribution is 6.27. The quantitative estimate of drug-likeness (QED) is 0.376. The Labute approximate surface area is 165 Å². The van der Waals surface area contributed by atoms with E-state index < -0.39 is 45.8 Å². The molecule has 0 radical (unpaired) electrons. The first-order valence-corrected chi connectivity index (χ1v) is 8.06. The van der Waals surface area contributed by atoms with E-state index in [9.17, 15) is 39.6 Å². The summed E-state index contributed by atoms with van der Waals surface area (Å²) in [5, 5.41) is 44.4. The smallest absolute Gasteiger partial charge is 0.209 e. The Morgan fingerprint density at radius 1 is 0.655 bits per heavy atom. The molecule has 2 atom stereocenters. The highest BCUT2D eigenvalue weighted by Crippen LogP contribution is 2.30. The fourth-order valence-electron chi connectivity index (χ4n) is 2.64. The van der Waals surface area contributed by atoms with E-state index >= 15 is 0 Å². The van der Waals surface area contributed by atoms with Crippen molar-refractivity contribution in [1.29, 1.82) is 0 Å². The zero-order chi connectivity index (χ0) is 21.3. The van der Waals surface area contributed by atoms with Crippen molar-refractivity contribution in [2.75, 3.05) is 0 Å². The van der Waals surface area contributed by atoms with Gasteiger partial charge in [0.05, 0.1) is 11.9 Å². The van der Waals surface area contributed by atoms with E-state index in [0.29, 0.717) is 11.1 Å². The number of aliphatic carboxylic acids is 2. The molecule has 0 amide bonds. The molecule has 0 aliphatic heterocycles. The van der Waals surface area contributed by atoms with E-state index in [2.05, 4.69) is 0 Å². The third-order valence-corrected chi connectivity index (χ3v) is 4.40. The lowest BCUT2D eigenvalue weighted by Crippen LogP contribution is -2.76. The molecule has 0 heterocycles. The molecule has 2 rings (SSSR count). The Bertz CT molecular complexity index is 867. The maximum absolute atomic E-state index is 12.7. The van der Waals surface area contributed by atoms with Gasteiger partial charge in [-0.25, -0.2) is 0 Å². The molecule has 0 aliphatic rings. The second-order valence-corrected chi connectivity index (χ2v) is 6.39. The second-order valence-electron chi connectivity index (χ2n) is 6.39. The van der Waals surface area contributed by atoms with Gasteiger partial charge in [-0.2, -0.15) is 0 Å². The van der Waals surface area contributed by atoms with Crippen LogP contribution >= 0.6 is 0 Å². The second kappa shape index (κ2) is 8.31. The summed E-state index contributed by atoms with van der Waals surface area (Å²) in [6, 6.07) is 10.0. The lowest BCUT2D eigenvalue weighted by molar-refractivity contribution is -0.346. The van der Waals surface area contributed by atoms with Crippen LogP contribution in [0.4, 0.5) is 0 Å². The van der Waals surface area contributed by atoms with Crippen molar-refractivity contribution in [3.63, 3.8) is 0 Å². The summed E-state index contributed by atoms with van der Waals surface area (Å²) in [6.07, 6.45) is 0. The molecule has 9 heteroatoms. The molecule has 0 bridgehead atoms. The van der Waals surface area contributed by atoms with Crippen LogP contribution < -0.4 is 10.2 Å². The lowest BCUT2D eigenvalue weighted by atomic mass is 9.73. The highest BCUT2D eigenvalue weighted by atomic mass is 16.5. The Morgan fingerprint density at radius 2 is 0.897 bits per heavy atom. The summed E-state index contributed by atoms with van der Waals surface area (Å²) in [7, 11) is 0. The molecule has 0 saturated heterocycles. The van der Waals surface area contributed by atoms with E-state index in [-0.39, 0.29) is 5.48 Å². The summed E-state index contributed by atoms with van der Waals surface area (Å²) < 4.78 is 0. The van der Waals surface area contributed by atoms with Gasteiger partial charge in [0.2, 0.25) is 22.8 Å². The molecule has 4 N–H and O–H groups in total. The third-order valence-electron chi connectivity index (χ3n) is 4.40. The Kier molecular flexibility index (Phi) is 6.78. The molecule has 2 unspecified atom stereocenters. The van der Waals surface area contributed by atoms with Gasteiger partial charge in [-0.3, -0.25) is 9.59 Å². The zero-order valence-corrected chi connectivity index (χ0v) is 15.5. The molecule has 0 saturated carbocycles. The molecule has 0 aromatic heterocycles. The molecule has 0 fully saturated rings. The number of ketones is 2. The van der Waals surface area contributed by atoms with Crippen molar-refractivity contribution in [3.05, 3.63) is 70.8 Å². The van der Waals surface area contributed by atoms with Crippen LogP contribution in [-0.2, 0) is 9.59 Å². The van der Waals surface area contributed by atoms with Gasteiger partial charge in [0.25, 0.3) is 0 Å². The molecular weight excluding hydrogens is 384 g/mol. The first-order chi connectivity index (χ1) is 13.0. The monoisotopic (exact) mass is 402 g/mol. The average molecular weight is 402 g/mol. The molecule has 0 aliphatic carbocycles. The van der Waals surface area contributed by atoms with E-state index in [0.717, 1.165) is 24.3 Å². The van der Waals surface area contributed by atoms with E-state index in [1.807, 2.05) is 0 Å². The predicted molar refractivity (Wildman–Crippen MR) is 94.5 cm³/mol. The normalized spacial score (nSPS) is 14.6. The first kappa shape index (κ1) is 23.6. The van der Waals surface area contributed by atoms with Crippen molar-refractivity contribution in [3.8, 4) is 0 Å². The average Bonchev–Trinajstić information content (AvgIpc) is 2.66. The van der Waals surface area contributed by atoms with Gasteiger partial charge in [-0.15, -0.1) is 0 Å². The maximum Gasteiger partial charge on any atom is 0.209 e. The number of carboxylic acid groups (broad SMARTS) is 2. The van der Waals surface area contributed by atoms with Crippen molar-refractivity contribution in [1.82, 2.24) is 0 Å². The van der Waals surface area contributed by atoms with Gasteiger partial charge in [-0.1, -0.05) is 59.7 Å². The topological polar surface area (TPSA) is 186 Å². The lowest BCUT2D eigenvalue weighted by Gasteiger charge is -2.42. The minimum absolute atomic E-state index is 0. The van der Waals surface area contributed by atoms with Crippen LogP contribution in [0.3, 0.4) is 0 Å². The third kappa shape index (κ3) is 3.79. The van der Waals surface area contributed by atoms with Crippen molar-refractivity contribution < 1.29 is 45.1 Å². The molecule has 154 valence electrons. The SMILES string of the molecule is Cc1ccc(C(=O)C(O)(C(=O)[O-])C(O)(C(=O)[O-])C(=O)c2ccc(C)cc2)cc1.O. The molecule has 0 spiro atoms. The number of hydrogen-bond acceptors (Lipinski definition) is 8. The van der Waals surface area contributed by atoms with E-state index in [1.165, 1.54) is 24.3 Å². The zero-order valence-electron chi connectivity index (χ0n) is 15.5. The summed E-state index contributed by atoms with van der Waals surface area (Å²) in [5.74, 6) is -8.80. The van der Waals surface area contributed by atoms with Crippen LogP contribution in [-0.4, -0.2) is 50.4 Å². The van der Waals surface area contributed by atoms with Gasteiger partial charge >= 0.3 is 0 Å². The molecule has 9 nitrogen and oxygen atoms in total. The molecule has 2 aromatic carbocycles. The summed E-state index contributed by atoms with van der Waals surface area (Å²) in [6.45, 7) is 3.33. The number of hydrogen-bond donors (Lipinski definition) is 2.